The Labute approximate surface area is 197 Å². The molecule has 0 saturated heterocycles. The number of carbonyl (C=O) groups excluding carboxylic acids is 1. The molecule has 168 valence electrons. The third-order valence-corrected chi connectivity index (χ3v) is 7.16. The summed E-state index contributed by atoms with van der Waals surface area (Å²) in [7, 11) is 3.35. The van der Waals surface area contributed by atoms with Crippen molar-refractivity contribution in [2.75, 3.05) is 25.7 Å². The summed E-state index contributed by atoms with van der Waals surface area (Å²) >= 11 is 1.54. The molecule has 3 aromatic carbocycles. The third-order valence-electron chi connectivity index (χ3n) is 6.00. The fraction of sp³-hybridized carbons (Fsp3) is 0.222. The molecule has 6 heteroatoms. The Balaban J connectivity index is 1.58. The molecular formula is C27H26N2O3S. The van der Waals surface area contributed by atoms with Gasteiger partial charge < -0.3 is 19.7 Å². The van der Waals surface area contributed by atoms with Gasteiger partial charge in [0, 0.05) is 23.2 Å². The van der Waals surface area contributed by atoms with Crippen LogP contribution in [-0.4, -0.2) is 32.7 Å². The van der Waals surface area contributed by atoms with Gasteiger partial charge in [-0.25, -0.2) is 0 Å². The minimum absolute atomic E-state index is 0.00855. The zero-order valence-electron chi connectivity index (χ0n) is 18.7. The predicted molar refractivity (Wildman–Crippen MR) is 134 cm³/mol. The summed E-state index contributed by atoms with van der Waals surface area (Å²) in [4.78, 5) is 16.4. The number of methoxy groups -OCH3 is 2. The van der Waals surface area contributed by atoms with Gasteiger partial charge in [0.25, 0.3) is 5.91 Å². The summed E-state index contributed by atoms with van der Waals surface area (Å²) in [6, 6.07) is 24.4. The van der Waals surface area contributed by atoms with Crippen LogP contribution in [0.5, 0.6) is 11.5 Å². The highest BCUT2D eigenvalue weighted by atomic mass is 32.1. The number of nitrogens with one attached hydrogen (secondary N) is 1. The van der Waals surface area contributed by atoms with Crippen LogP contribution in [-0.2, 0) is 13.0 Å². The molecule has 0 fully saturated rings. The van der Waals surface area contributed by atoms with Gasteiger partial charge in [-0.05, 0) is 47.9 Å². The minimum Gasteiger partial charge on any atom is -0.497 e. The Hall–Kier alpha value is -3.51. The maximum absolute atomic E-state index is 13.4. The number of benzene rings is 3. The van der Waals surface area contributed by atoms with Crippen molar-refractivity contribution < 1.29 is 14.3 Å². The topological polar surface area (TPSA) is 50.8 Å². The second-order valence-corrected chi connectivity index (χ2v) is 9.29. The Morgan fingerprint density at radius 1 is 0.939 bits per heavy atom. The van der Waals surface area contributed by atoms with E-state index < -0.39 is 0 Å². The molecule has 1 amide bonds. The van der Waals surface area contributed by atoms with E-state index in [0.717, 1.165) is 44.1 Å². The van der Waals surface area contributed by atoms with Crippen LogP contribution < -0.4 is 19.7 Å². The van der Waals surface area contributed by atoms with Crippen molar-refractivity contribution in [3.05, 3.63) is 88.8 Å². The number of rotatable bonds is 6. The first kappa shape index (κ1) is 21.3. The molecule has 4 aromatic rings. The van der Waals surface area contributed by atoms with Crippen molar-refractivity contribution in [3.8, 4) is 11.5 Å². The lowest BCUT2D eigenvalue weighted by Gasteiger charge is -2.27. The van der Waals surface area contributed by atoms with Crippen LogP contribution in [0, 0.1) is 0 Å². The Kier molecular flexibility index (Phi) is 5.92. The molecule has 0 unspecified atom stereocenters. The second-order valence-electron chi connectivity index (χ2n) is 8.23. The highest BCUT2D eigenvalue weighted by Crippen LogP contribution is 2.42. The Morgan fingerprint density at radius 3 is 2.48 bits per heavy atom. The minimum atomic E-state index is -0.0146. The lowest BCUT2D eigenvalue weighted by molar-refractivity contribution is 0.0946. The standard InChI is InChI=1S/C27H26N2O3S/c1-31-21-10-6-9-19(14-21)16-29-17-20(13-18-7-4-3-5-8-18)28-27(30)26-25(29)23-15-22(32-2)11-12-24(23)33-26/h3-12,14-15,20H,13,16-17H2,1-2H3,(H,28,30)/t20-/m1/s1. The molecule has 33 heavy (non-hydrogen) atoms. The average molecular weight is 459 g/mol. The van der Waals surface area contributed by atoms with E-state index in [4.69, 9.17) is 9.47 Å². The Bertz CT molecular complexity index is 1290. The summed E-state index contributed by atoms with van der Waals surface area (Å²) in [5.74, 6) is 1.60. The molecule has 0 radical (unpaired) electrons. The Morgan fingerprint density at radius 2 is 1.70 bits per heavy atom. The average Bonchev–Trinajstić information content (AvgIpc) is 3.17. The maximum atomic E-state index is 13.4. The molecule has 2 heterocycles. The van der Waals surface area contributed by atoms with Crippen LogP contribution in [0.4, 0.5) is 5.69 Å². The molecule has 0 saturated carbocycles. The van der Waals surface area contributed by atoms with Gasteiger partial charge in [-0.1, -0.05) is 42.5 Å². The molecular weight excluding hydrogens is 432 g/mol. The van der Waals surface area contributed by atoms with Gasteiger partial charge in [0.2, 0.25) is 0 Å². The van der Waals surface area contributed by atoms with E-state index in [1.54, 1.807) is 14.2 Å². The largest absolute Gasteiger partial charge is 0.497 e. The fourth-order valence-corrected chi connectivity index (χ4v) is 5.57. The summed E-state index contributed by atoms with van der Waals surface area (Å²) in [6.07, 6.45) is 0.775. The number of nitrogens with zero attached hydrogens (tertiary/aromatic N) is 1. The first-order valence-corrected chi connectivity index (χ1v) is 11.8. The number of fused-ring (bicyclic) bond motifs is 3. The molecule has 0 aliphatic carbocycles. The number of hydrogen-bond acceptors (Lipinski definition) is 5. The van der Waals surface area contributed by atoms with Crippen molar-refractivity contribution in [2.45, 2.75) is 19.0 Å². The molecule has 1 atom stereocenters. The quantitative estimate of drug-likeness (QED) is 0.427. The van der Waals surface area contributed by atoms with Crippen LogP contribution in [0.15, 0.2) is 72.8 Å². The number of amides is 1. The van der Waals surface area contributed by atoms with Gasteiger partial charge in [0.1, 0.15) is 16.4 Å². The van der Waals surface area contributed by atoms with E-state index in [1.165, 1.54) is 16.9 Å². The van der Waals surface area contributed by atoms with Crippen LogP contribution in [0.3, 0.4) is 0 Å². The third kappa shape index (κ3) is 4.39. The van der Waals surface area contributed by atoms with Crippen LogP contribution in [0.2, 0.25) is 0 Å². The number of ether oxygens (including phenoxy) is 2. The lowest BCUT2D eigenvalue weighted by atomic mass is 10.0. The van der Waals surface area contributed by atoms with E-state index in [-0.39, 0.29) is 11.9 Å². The fourth-order valence-electron chi connectivity index (χ4n) is 4.46. The van der Waals surface area contributed by atoms with Crippen molar-refractivity contribution in [2.24, 2.45) is 0 Å². The summed E-state index contributed by atoms with van der Waals surface area (Å²) in [6.45, 7) is 1.38. The molecule has 5 rings (SSSR count). The van der Waals surface area contributed by atoms with Crippen molar-refractivity contribution in [1.29, 1.82) is 0 Å². The van der Waals surface area contributed by atoms with Gasteiger partial charge in [0.05, 0.1) is 25.9 Å². The monoisotopic (exact) mass is 458 g/mol. The SMILES string of the molecule is COc1cccc(CN2C[C@@H](Cc3ccccc3)NC(=O)c3sc4ccc(OC)cc4c32)c1. The van der Waals surface area contributed by atoms with E-state index in [2.05, 4.69) is 34.5 Å². The molecule has 1 aliphatic heterocycles. The zero-order valence-corrected chi connectivity index (χ0v) is 19.5. The molecule has 0 bridgehead atoms. The smallest absolute Gasteiger partial charge is 0.263 e. The van der Waals surface area contributed by atoms with E-state index >= 15 is 0 Å². The van der Waals surface area contributed by atoms with Crippen LogP contribution >= 0.6 is 11.3 Å². The first-order valence-electron chi connectivity index (χ1n) is 11.0. The molecule has 1 aliphatic rings. The highest BCUT2D eigenvalue weighted by Gasteiger charge is 2.30. The second kappa shape index (κ2) is 9.16. The number of thiophene rings is 1. The van der Waals surface area contributed by atoms with Crippen molar-refractivity contribution in [3.63, 3.8) is 0 Å². The van der Waals surface area contributed by atoms with Gasteiger partial charge in [-0.15, -0.1) is 11.3 Å². The van der Waals surface area contributed by atoms with E-state index in [9.17, 15) is 4.79 Å². The van der Waals surface area contributed by atoms with Gasteiger partial charge in [0.15, 0.2) is 0 Å². The van der Waals surface area contributed by atoms with Crippen molar-refractivity contribution in [1.82, 2.24) is 5.32 Å². The van der Waals surface area contributed by atoms with E-state index in [1.807, 2.05) is 48.5 Å². The summed E-state index contributed by atoms with van der Waals surface area (Å²) in [5, 5.41) is 4.33. The van der Waals surface area contributed by atoms with Gasteiger partial charge in [-0.2, -0.15) is 0 Å². The molecule has 0 spiro atoms. The number of carbonyl (C=O) groups is 1. The molecule has 5 nitrogen and oxygen atoms in total. The number of anilines is 1. The van der Waals surface area contributed by atoms with Gasteiger partial charge in [-0.3, -0.25) is 4.79 Å². The van der Waals surface area contributed by atoms with E-state index in [0.29, 0.717) is 13.1 Å². The van der Waals surface area contributed by atoms with Crippen LogP contribution in [0.25, 0.3) is 10.1 Å². The van der Waals surface area contributed by atoms with Crippen LogP contribution in [0.1, 0.15) is 20.8 Å². The highest BCUT2D eigenvalue weighted by molar-refractivity contribution is 7.21. The lowest BCUT2D eigenvalue weighted by Crippen LogP contribution is -2.42. The molecule has 1 aromatic heterocycles. The summed E-state index contributed by atoms with van der Waals surface area (Å²) in [5.41, 5.74) is 3.32. The maximum Gasteiger partial charge on any atom is 0.263 e. The summed E-state index contributed by atoms with van der Waals surface area (Å²) < 4.78 is 12.0. The number of hydrogen-bond donors (Lipinski definition) is 1. The normalized spacial score (nSPS) is 15.6. The van der Waals surface area contributed by atoms with Gasteiger partial charge >= 0.3 is 0 Å². The van der Waals surface area contributed by atoms with Crippen molar-refractivity contribution >= 4 is 33.0 Å². The first-order chi connectivity index (χ1) is 16.1. The molecule has 1 N–H and O–H groups in total. The predicted octanol–water partition coefficient (Wildman–Crippen LogP) is 5.28. The zero-order chi connectivity index (χ0) is 22.8.